The Bertz CT molecular complexity index is 975. The lowest BCUT2D eigenvalue weighted by Crippen LogP contribution is -2.31. The molecule has 1 aliphatic heterocycles. The largest absolute Gasteiger partial charge is 0.465 e. The van der Waals surface area contributed by atoms with Gasteiger partial charge in [-0.3, -0.25) is 0 Å². The number of carbonyl (C=O) groups excluding carboxylic acids is 1. The average molecular weight is 374 g/mol. The van der Waals surface area contributed by atoms with Crippen LogP contribution in [0, 0.1) is 0 Å². The topological polar surface area (TPSA) is 67.3 Å². The van der Waals surface area contributed by atoms with E-state index in [1.807, 2.05) is 42.5 Å². The van der Waals surface area contributed by atoms with E-state index in [0.29, 0.717) is 5.56 Å². The molecule has 4 rings (SSSR count). The molecular weight excluding hydrogens is 352 g/mol. The molecule has 0 bridgehead atoms. The summed E-state index contributed by atoms with van der Waals surface area (Å²) in [5.74, 6) is 1.41. The Kier molecular flexibility index (Phi) is 5.19. The van der Waals surface area contributed by atoms with Gasteiger partial charge in [0.15, 0.2) is 0 Å². The zero-order valence-electron chi connectivity index (χ0n) is 15.8. The van der Waals surface area contributed by atoms with Crippen molar-refractivity contribution in [3.05, 3.63) is 83.2 Å². The van der Waals surface area contributed by atoms with Crippen LogP contribution in [-0.2, 0) is 24.2 Å². The number of esters is 1. The lowest BCUT2D eigenvalue weighted by atomic mass is 9.97. The maximum atomic E-state index is 11.7. The smallest absolute Gasteiger partial charge is 0.337 e. The third kappa shape index (κ3) is 3.96. The van der Waals surface area contributed by atoms with Crippen LogP contribution in [0.1, 0.15) is 27.0 Å². The van der Waals surface area contributed by atoms with Crippen molar-refractivity contribution in [2.45, 2.75) is 19.5 Å². The molecule has 3 aromatic rings. The first-order valence-corrected chi connectivity index (χ1v) is 9.28. The van der Waals surface area contributed by atoms with E-state index in [9.17, 15) is 4.79 Å². The van der Waals surface area contributed by atoms with Gasteiger partial charge in [-0.15, -0.1) is 0 Å². The zero-order valence-corrected chi connectivity index (χ0v) is 15.8. The van der Waals surface area contributed by atoms with Gasteiger partial charge in [0.25, 0.3) is 0 Å². The number of benzene rings is 2. The molecule has 0 fully saturated rings. The summed E-state index contributed by atoms with van der Waals surface area (Å²) in [4.78, 5) is 22.7. The number of nitrogens with zero attached hydrogens (tertiary/aromatic N) is 3. The summed E-state index contributed by atoms with van der Waals surface area (Å²) in [6.07, 6.45) is 2.45. The molecule has 0 amide bonds. The fourth-order valence-electron chi connectivity index (χ4n) is 3.40. The van der Waals surface area contributed by atoms with Crippen molar-refractivity contribution in [3.63, 3.8) is 0 Å². The Morgan fingerprint density at radius 1 is 1.11 bits per heavy atom. The van der Waals surface area contributed by atoms with E-state index in [0.717, 1.165) is 37.7 Å². The lowest BCUT2D eigenvalue weighted by Gasteiger charge is -2.30. The molecule has 0 spiro atoms. The van der Waals surface area contributed by atoms with Crippen LogP contribution in [0.5, 0.6) is 0 Å². The van der Waals surface area contributed by atoms with Crippen molar-refractivity contribution in [1.29, 1.82) is 0 Å². The Labute approximate surface area is 164 Å². The van der Waals surface area contributed by atoms with Crippen LogP contribution in [0.15, 0.2) is 60.9 Å². The van der Waals surface area contributed by atoms with Crippen molar-refractivity contribution in [3.8, 4) is 0 Å². The van der Waals surface area contributed by atoms with E-state index >= 15 is 0 Å². The number of aromatic nitrogens is 2. The van der Waals surface area contributed by atoms with Gasteiger partial charge in [-0.2, -0.15) is 0 Å². The predicted octanol–water partition coefficient (Wildman–Crippen LogP) is 3.44. The molecule has 2 heterocycles. The molecule has 6 heteroatoms. The summed E-state index contributed by atoms with van der Waals surface area (Å²) in [6, 6.07) is 18.0. The summed E-state index contributed by atoms with van der Waals surface area (Å²) < 4.78 is 4.81. The molecule has 0 unspecified atom stereocenters. The van der Waals surface area contributed by atoms with Gasteiger partial charge >= 0.3 is 5.97 Å². The van der Waals surface area contributed by atoms with E-state index < -0.39 is 0 Å². The number of rotatable bonds is 5. The first-order valence-electron chi connectivity index (χ1n) is 9.28. The molecule has 0 atom stereocenters. The van der Waals surface area contributed by atoms with Crippen LogP contribution in [0.3, 0.4) is 0 Å². The summed E-state index contributed by atoms with van der Waals surface area (Å²) in [7, 11) is 1.40. The van der Waals surface area contributed by atoms with E-state index in [1.54, 1.807) is 6.33 Å². The highest BCUT2D eigenvalue weighted by Gasteiger charge is 2.19. The fraction of sp³-hybridized carbons (Fsp3) is 0.227. The van der Waals surface area contributed by atoms with Gasteiger partial charge < -0.3 is 15.0 Å². The fourth-order valence-corrected chi connectivity index (χ4v) is 3.40. The van der Waals surface area contributed by atoms with Gasteiger partial charge in [-0.1, -0.05) is 36.4 Å². The zero-order chi connectivity index (χ0) is 19.3. The minimum atomic E-state index is -0.296. The summed E-state index contributed by atoms with van der Waals surface area (Å²) >= 11 is 0. The normalized spacial score (nSPS) is 13.0. The van der Waals surface area contributed by atoms with Gasteiger partial charge in [-0.25, -0.2) is 14.8 Å². The van der Waals surface area contributed by atoms with E-state index in [4.69, 9.17) is 4.74 Å². The van der Waals surface area contributed by atoms with Crippen LogP contribution in [0.4, 0.5) is 11.6 Å². The van der Waals surface area contributed by atoms with Crippen molar-refractivity contribution >= 4 is 17.6 Å². The molecule has 6 nitrogen and oxygen atoms in total. The predicted molar refractivity (Wildman–Crippen MR) is 108 cm³/mol. The van der Waals surface area contributed by atoms with E-state index in [1.165, 1.54) is 23.8 Å². The minimum Gasteiger partial charge on any atom is -0.465 e. The number of carbonyl (C=O) groups is 1. The second kappa shape index (κ2) is 8.08. The maximum Gasteiger partial charge on any atom is 0.337 e. The highest BCUT2D eigenvalue weighted by molar-refractivity contribution is 5.89. The first kappa shape index (κ1) is 18.0. The molecular formula is C22H22N4O2. The molecule has 1 aliphatic rings. The molecule has 0 aliphatic carbocycles. The third-order valence-corrected chi connectivity index (χ3v) is 4.93. The Morgan fingerprint density at radius 2 is 1.96 bits per heavy atom. The average Bonchev–Trinajstić information content (AvgIpc) is 2.77. The van der Waals surface area contributed by atoms with Crippen LogP contribution < -0.4 is 10.2 Å². The molecule has 0 radical (unpaired) electrons. The van der Waals surface area contributed by atoms with Crippen molar-refractivity contribution in [2.24, 2.45) is 0 Å². The highest BCUT2D eigenvalue weighted by atomic mass is 16.5. The Hall–Kier alpha value is -3.41. The lowest BCUT2D eigenvalue weighted by molar-refractivity contribution is 0.0600. The molecule has 2 aromatic carbocycles. The van der Waals surface area contributed by atoms with Crippen LogP contribution in [-0.4, -0.2) is 29.6 Å². The number of methoxy groups -OCH3 is 1. The monoisotopic (exact) mass is 374 g/mol. The van der Waals surface area contributed by atoms with E-state index in [-0.39, 0.29) is 5.97 Å². The minimum absolute atomic E-state index is 0.296. The standard InChI is InChI=1S/C22H22N4O2/c1-28-22(27)18-7-8-19-14-26(10-9-17(19)11-18)21-12-20(24-15-25-21)23-13-16-5-3-2-4-6-16/h2-8,11-12,15H,9-10,13-14H2,1H3,(H,23,24,25). The van der Waals surface area contributed by atoms with Crippen molar-refractivity contribution in [2.75, 3.05) is 23.9 Å². The number of hydrogen-bond donors (Lipinski definition) is 1. The molecule has 1 N–H and O–H groups in total. The van der Waals surface area contributed by atoms with Crippen LogP contribution >= 0.6 is 0 Å². The molecule has 0 saturated carbocycles. The van der Waals surface area contributed by atoms with Gasteiger partial charge in [0.1, 0.15) is 18.0 Å². The van der Waals surface area contributed by atoms with E-state index in [2.05, 4.69) is 32.3 Å². The van der Waals surface area contributed by atoms with Crippen LogP contribution in [0.25, 0.3) is 0 Å². The van der Waals surface area contributed by atoms with Gasteiger partial charge in [0, 0.05) is 25.7 Å². The second-order valence-electron chi connectivity index (χ2n) is 6.75. The molecule has 28 heavy (non-hydrogen) atoms. The number of fused-ring (bicyclic) bond motifs is 1. The first-order chi connectivity index (χ1) is 13.7. The van der Waals surface area contributed by atoms with Crippen molar-refractivity contribution < 1.29 is 9.53 Å². The van der Waals surface area contributed by atoms with Gasteiger partial charge in [0.05, 0.1) is 12.7 Å². The van der Waals surface area contributed by atoms with Gasteiger partial charge in [-0.05, 0) is 35.2 Å². The molecule has 0 saturated heterocycles. The highest BCUT2D eigenvalue weighted by Crippen LogP contribution is 2.25. The number of ether oxygens (including phenoxy) is 1. The summed E-state index contributed by atoms with van der Waals surface area (Å²) in [5.41, 5.74) is 4.20. The Balaban J connectivity index is 1.46. The molecule has 1 aromatic heterocycles. The third-order valence-electron chi connectivity index (χ3n) is 4.93. The van der Waals surface area contributed by atoms with Crippen LogP contribution in [0.2, 0.25) is 0 Å². The van der Waals surface area contributed by atoms with Gasteiger partial charge in [0.2, 0.25) is 0 Å². The second-order valence-corrected chi connectivity index (χ2v) is 6.75. The van der Waals surface area contributed by atoms with Crippen molar-refractivity contribution in [1.82, 2.24) is 9.97 Å². The summed E-state index contributed by atoms with van der Waals surface area (Å²) in [5, 5.41) is 3.36. The SMILES string of the molecule is COC(=O)c1ccc2c(c1)CCN(c1cc(NCc3ccccc3)ncn1)C2. The summed E-state index contributed by atoms with van der Waals surface area (Å²) in [6.45, 7) is 2.31. The molecule has 142 valence electrons. The number of anilines is 2. The maximum absolute atomic E-state index is 11.7. The quantitative estimate of drug-likeness (QED) is 0.690. The number of hydrogen-bond acceptors (Lipinski definition) is 6. The Morgan fingerprint density at radius 3 is 2.79 bits per heavy atom. The number of nitrogens with one attached hydrogen (secondary N) is 1.